The maximum atomic E-state index is 12.0. The highest BCUT2D eigenvalue weighted by Crippen LogP contribution is 2.12. The maximum Gasteiger partial charge on any atom is 0.263 e. The summed E-state index contributed by atoms with van der Waals surface area (Å²) in [7, 11) is 0. The van der Waals surface area contributed by atoms with E-state index in [9.17, 15) is 4.79 Å². The molecule has 0 radical (unpaired) electrons. The van der Waals surface area contributed by atoms with Gasteiger partial charge in [0.1, 0.15) is 17.4 Å². The first-order valence-corrected chi connectivity index (χ1v) is 7.99. The van der Waals surface area contributed by atoms with Gasteiger partial charge in [-0.25, -0.2) is 0 Å². The molecule has 0 unspecified atom stereocenters. The summed E-state index contributed by atoms with van der Waals surface area (Å²) >= 11 is 0. The Morgan fingerprint density at radius 1 is 1.29 bits per heavy atom. The van der Waals surface area contributed by atoms with Crippen molar-refractivity contribution in [2.75, 3.05) is 5.32 Å². The molecule has 1 heterocycles. The average Bonchev–Trinajstić information content (AvgIpc) is 3.13. The number of benzene rings is 1. The van der Waals surface area contributed by atoms with Crippen molar-refractivity contribution < 1.29 is 9.21 Å². The van der Waals surface area contributed by atoms with Crippen LogP contribution in [0.15, 0.2) is 58.9 Å². The topological polar surface area (TPSA) is 78.1 Å². The predicted molar refractivity (Wildman–Crippen MR) is 92.9 cm³/mol. The molecule has 1 aromatic heterocycles. The molecule has 5 heteroatoms. The molecule has 0 spiro atoms. The zero-order valence-corrected chi connectivity index (χ0v) is 13.7. The lowest BCUT2D eigenvalue weighted by Crippen LogP contribution is -2.24. The molecule has 2 N–H and O–H groups in total. The lowest BCUT2D eigenvalue weighted by molar-refractivity contribution is -0.117. The summed E-state index contributed by atoms with van der Waals surface area (Å²) in [6.07, 6.45) is 6.35. The van der Waals surface area contributed by atoms with Crippen molar-refractivity contribution in [3.05, 3.63) is 65.8 Å². The largest absolute Gasteiger partial charge is 0.467 e. The first kappa shape index (κ1) is 17.4. The quantitative estimate of drug-likeness (QED) is 0.573. The number of hydrogen-bond donors (Lipinski definition) is 2. The average molecular weight is 323 g/mol. The first-order chi connectivity index (χ1) is 11.7. The normalized spacial score (nSPS) is 10.9. The number of carbonyl (C=O) groups excluding carboxylic acids is 1. The van der Waals surface area contributed by atoms with Crippen LogP contribution in [-0.2, 0) is 17.8 Å². The first-order valence-electron chi connectivity index (χ1n) is 7.99. The number of amides is 1. The van der Waals surface area contributed by atoms with Crippen LogP contribution in [0, 0.1) is 11.3 Å². The molecule has 1 amide bonds. The van der Waals surface area contributed by atoms with E-state index in [1.807, 2.05) is 18.2 Å². The number of furan rings is 1. The number of carbonyl (C=O) groups is 1. The van der Waals surface area contributed by atoms with Gasteiger partial charge in [-0.1, -0.05) is 25.5 Å². The summed E-state index contributed by atoms with van der Waals surface area (Å²) in [5.74, 6) is 0.192. The second-order valence-corrected chi connectivity index (χ2v) is 5.38. The van der Waals surface area contributed by atoms with Gasteiger partial charge in [-0.15, -0.1) is 0 Å². The van der Waals surface area contributed by atoms with Gasteiger partial charge in [0.15, 0.2) is 0 Å². The van der Waals surface area contributed by atoms with Gasteiger partial charge in [0.2, 0.25) is 0 Å². The molecule has 0 aliphatic carbocycles. The standard InChI is InChI=1S/C19H21N3O2/c1-2-3-5-15-7-9-17(10-8-15)21-13-16(12-20)19(23)22-14-18-6-4-11-24-18/h4,6-11,13,21H,2-3,5,14H2,1H3,(H,22,23)/b16-13-. The molecule has 0 bridgehead atoms. The second kappa shape index (κ2) is 9.21. The highest BCUT2D eigenvalue weighted by atomic mass is 16.3. The molecule has 0 saturated heterocycles. The summed E-state index contributed by atoms with van der Waals surface area (Å²) in [5.41, 5.74) is 2.13. The molecule has 0 saturated carbocycles. The number of rotatable bonds is 8. The number of nitrogens with one attached hydrogen (secondary N) is 2. The molecule has 2 aromatic rings. The Hall–Kier alpha value is -3.00. The highest BCUT2D eigenvalue weighted by molar-refractivity contribution is 5.97. The van der Waals surface area contributed by atoms with Crippen molar-refractivity contribution in [3.8, 4) is 6.07 Å². The summed E-state index contributed by atoms with van der Waals surface area (Å²) in [6.45, 7) is 2.41. The van der Waals surface area contributed by atoms with Crippen LogP contribution in [0.2, 0.25) is 0 Å². The summed E-state index contributed by atoms with van der Waals surface area (Å²) in [6, 6.07) is 13.4. The summed E-state index contributed by atoms with van der Waals surface area (Å²) < 4.78 is 5.13. The predicted octanol–water partition coefficient (Wildman–Crippen LogP) is 3.76. The van der Waals surface area contributed by atoms with Gasteiger partial charge < -0.3 is 15.1 Å². The molecule has 24 heavy (non-hydrogen) atoms. The van der Waals surface area contributed by atoms with Crippen molar-refractivity contribution in [1.82, 2.24) is 5.32 Å². The smallest absolute Gasteiger partial charge is 0.263 e. The molecule has 2 rings (SSSR count). The van der Waals surface area contributed by atoms with E-state index in [1.165, 1.54) is 30.9 Å². The van der Waals surface area contributed by atoms with Crippen LogP contribution in [0.25, 0.3) is 0 Å². The van der Waals surface area contributed by atoms with Gasteiger partial charge >= 0.3 is 0 Å². The van der Waals surface area contributed by atoms with Crippen molar-refractivity contribution in [2.45, 2.75) is 32.7 Å². The van der Waals surface area contributed by atoms with E-state index in [1.54, 1.807) is 12.1 Å². The van der Waals surface area contributed by atoms with E-state index in [0.29, 0.717) is 5.76 Å². The minimum atomic E-state index is -0.444. The summed E-state index contributed by atoms with van der Waals surface area (Å²) in [4.78, 5) is 12.0. The van der Waals surface area contributed by atoms with E-state index in [0.717, 1.165) is 12.1 Å². The van der Waals surface area contributed by atoms with Gasteiger partial charge in [-0.3, -0.25) is 4.79 Å². The zero-order chi connectivity index (χ0) is 17.2. The Morgan fingerprint density at radius 3 is 2.71 bits per heavy atom. The van der Waals surface area contributed by atoms with Crippen LogP contribution < -0.4 is 10.6 Å². The van der Waals surface area contributed by atoms with Crippen molar-refractivity contribution in [2.24, 2.45) is 0 Å². The van der Waals surface area contributed by atoms with Crippen LogP contribution in [0.4, 0.5) is 5.69 Å². The number of aryl methyl sites for hydroxylation is 1. The van der Waals surface area contributed by atoms with Crippen molar-refractivity contribution in [1.29, 1.82) is 5.26 Å². The summed E-state index contributed by atoms with van der Waals surface area (Å²) in [5, 5.41) is 14.8. The highest BCUT2D eigenvalue weighted by Gasteiger charge is 2.09. The molecule has 0 aliphatic heterocycles. The number of unbranched alkanes of at least 4 members (excludes halogenated alkanes) is 1. The number of nitriles is 1. The van der Waals surface area contributed by atoms with Gasteiger partial charge in [-0.2, -0.15) is 5.26 Å². The third-order valence-electron chi connectivity index (χ3n) is 3.52. The Balaban J connectivity index is 1.90. The minimum Gasteiger partial charge on any atom is -0.467 e. The van der Waals surface area contributed by atoms with E-state index >= 15 is 0 Å². The Bertz CT molecular complexity index is 710. The van der Waals surface area contributed by atoms with Gasteiger partial charge in [0.05, 0.1) is 12.8 Å². The fourth-order valence-corrected chi connectivity index (χ4v) is 2.13. The van der Waals surface area contributed by atoms with Crippen molar-refractivity contribution in [3.63, 3.8) is 0 Å². The lowest BCUT2D eigenvalue weighted by Gasteiger charge is -2.05. The van der Waals surface area contributed by atoms with Gasteiger partial charge in [0.25, 0.3) is 5.91 Å². The maximum absolute atomic E-state index is 12.0. The van der Waals surface area contributed by atoms with E-state index in [2.05, 4.69) is 29.7 Å². The van der Waals surface area contributed by atoms with Gasteiger partial charge in [-0.05, 0) is 42.7 Å². The van der Waals surface area contributed by atoms with Crippen LogP contribution in [0.3, 0.4) is 0 Å². The van der Waals surface area contributed by atoms with E-state index in [-0.39, 0.29) is 12.1 Å². The minimum absolute atomic E-state index is 0.0108. The Morgan fingerprint density at radius 2 is 2.08 bits per heavy atom. The second-order valence-electron chi connectivity index (χ2n) is 5.38. The molecule has 0 aliphatic rings. The monoisotopic (exact) mass is 323 g/mol. The number of nitrogens with zero attached hydrogens (tertiary/aromatic N) is 1. The molecular weight excluding hydrogens is 302 g/mol. The molecule has 1 aromatic carbocycles. The third-order valence-corrected chi connectivity index (χ3v) is 3.52. The van der Waals surface area contributed by atoms with Crippen LogP contribution in [-0.4, -0.2) is 5.91 Å². The zero-order valence-electron chi connectivity index (χ0n) is 13.7. The molecular formula is C19H21N3O2. The van der Waals surface area contributed by atoms with Crippen LogP contribution in [0.1, 0.15) is 31.1 Å². The lowest BCUT2D eigenvalue weighted by atomic mass is 10.1. The van der Waals surface area contributed by atoms with E-state index in [4.69, 9.17) is 9.68 Å². The number of anilines is 1. The number of hydrogen-bond acceptors (Lipinski definition) is 4. The fourth-order valence-electron chi connectivity index (χ4n) is 2.13. The molecule has 0 fully saturated rings. The van der Waals surface area contributed by atoms with Crippen LogP contribution in [0.5, 0.6) is 0 Å². The van der Waals surface area contributed by atoms with Crippen molar-refractivity contribution >= 4 is 11.6 Å². The Kier molecular flexibility index (Phi) is 6.66. The third kappa shape index (κ3) is 5.33. The fraction of sp³-hybridized carbons (Fsp3) is 0.263. The van der Waals surface area contributed by atoms with Crippen LogP contribution >= 0.6 is 0 Å². The van der Waals surface area contributed by atoms with E-state index < -0.39 is 5.91 Å². The molecule has 124 valence electrons. The SMILES string of the molecule is CCCCc1ccc(N/C=C(/C#N)C(=O)NCc2ccco2)cc1. The molecule has 5 nitrogen and oxygen atoms in total. The molecule has 0 atom stereocenters. The van der Waals surface area contributed by atoms with Gasteiger partial charge in [0, 0.05) is 11.9 Å². The Labute approximate surface area is 142 Å².